The van der Waals surface area contributed by atoms with Crippen LogP contribution in [0.5, 0.6) is 0 Å². The van der Waals surface area contributed by atoms with Crippen molar-refractivity contribution in [3.63, 3.8) is 0 Å². The number of ketones is 1. The lowest BCUT2D eigenvalue weighted by molar-refractivity contribution is -0.122. The summed E-state index contributed by atoms with van der Waals surface area (Å²) < 4.78 is 4.99. The third-order valence-corrected chi connectivity index (χ3v) is 3.37. The number of Topliss-reactive ketones (excluding diaryl/α,β-unsaturated/α-hetero) is 1. The van der Waals surface area contributed by atoms with E-state index < -0.39 is 23.5 Å². The first-order valence-electron chi connectivity index (χ1n) is 7.73. The Morgan fingerprint density at radius 1 is 1.20 bits per heavy atom. The highest BCUT2D eigenvalue weighted by atomic mass is 16.3. The van der Waals surface area contributed by atoms with Crippen LogP contribution in [0, 0.1) is 17.2 Å². The number of rotatable bonds is 7. The number of anilines is 1. The van der Waals surface area contributed by atoms with Gasteiger partial charge in [0.1, 0.15) is 0 Å². The van der Waals surface area contributed by atoms with Crippen LogP contribution >= 0.6 is 0 Å². The van der Waals surface area contributed by atoms with Gasteiger partial charge in [-0.3, -0.25) is 14.4 Å². The molecule has 0 aliphatic rings. The van der Waals surface area contributed by atoms with Crippen LogP contribution in [0.15, 0.2) is 47.1 Å². The number of amides is 2. The van der Waals surface area contributed by atoms with Crippen molar-refractivity contribution in [3.05, 3.63) is 54.0 Å². The lowest BCUT2D eigenvalue weighted by atomic mass is 9.98. The molecule has 7 nitrogen and oxygen atoms in total. The second-order valence-corrected chi connectivity index (χ2v) is 5.23. The van der Waals surface area contributed by atoms with Crippen molar-refractivity contribution in [3.8, 4) is 6.07 Å². The molecule has 0 fully saturated rings. The maximum Gasteiger partial charge on any atom is 0.291 e. The van der Waals surface area contributed by atoms with Crippen LogP contribution in [0.2, 0.25) is 0 Å². The Balaban J connectivity index is 2.05. The van der Waals surface area contributed by atoms with Crippen molar-refractivity contribution in [2.24, 2.45) is 5.92 Å². The van der Waals surface area contributed by atoms with E-state index in [-0.39, 0.29) is 11.3 Å². The Bertz CT molecular complexity index is 789. The highest BCUT2D eigenvalue weighted by molar-refractivity contribution is 6.12. The van der Waals surface area contributed by atoms with E-state index in [0.29, 0.717) is 18.7 Å². The van der Waals surface area contributed by atoms with Crippen LogP contribution in [0.4, 0.5) is 5.69 Å². The molecular formula is C18H17N3O4. The van der Waals surface area contributed by atoms with Crippen LogP contribution in [-0.4, -0.2) is 24.1 Å². The summed E-state index contributed by atoms with van der Waals surface area (Å²) in [4.78, 5) is 36.1. The molecule has 2 N–H and O–H groups in total. The van der Waals surface area contributed by atoms with Gasteiger partial charge in [-0.2, -0.15) is 5.26 Å². The van der Waals surface area contributed by atoms with Gasteiger partial charge >= 0.3 is 0 Å². The third kappa shape index (κ3) is 4.54. The molecule has 0 bridgehead atoms. The van der Waals surface area contributed by atoms with Crippen molar-refractivity contribution in [2.75, 3.05) is 11.9 Å². The smallest absolute Gasteiger partial charge is 0.291 e. The Kier molecular flexibility index (Phi) is 6.07. The van der Waals surface area contributed by atoms with Gasteiger partial charge in [-0.15, -0.1) is 0 Å². The zero-order chi connectivity index (χ0) is 18.2. The number of benzene rings is 1. The van der Waals surface area contributed by atoms with Gasteiger partial charge in [0.25, 0.3) is 5.91 Å². The first-order chi connectivity index (χ1) is 12.1. The van der Waals surface area contributed by atoms with E-state index in [0.717, 1.165) is 0 Å². The lowest BCUT2D eigenvalue weighted by Gasteiger charge is -2.09. The minimum Gasteiger partial charge on any atom is -0.459 e. The van der Waals surface area contributed by atoms with Gasteiger partial charge in [-0.1, -0.05) is 6.92 Å². The topological polar surface area (TPSA) is 112 Å². The highest BCUT2D eigenvalue weighted by Gasteiger charge is 2.27. The van der Waals surface area contributed by atoms with Crippen molar-refractivity contribution >= 4 is 23.3 Å². The van der Waals surface area contributed by atoms with Crippen LogP contribution in [0.1, 0.15) is 34.3 Å². The van der Waals surface area contributed by atoms with Crippen LogP contribution in [0.25, 0.3) is 0 Å². The summed E-state index contributed by atoms with van der Waals surface area (Å²) >= 11 is 0. The molecule has 7 heteroatoms. The van der Waals surface area contributed by atoms with Gasteiger partial charge in [-0.05, 0) is 42.8 Å². The van der Waals surface area contributed by atoms with Crippen LogP contribution in [0.3, 0.4) is 0 Å². The summed E-state index contributed by atoms with van der Waals surface area (Å²) in [6.07, 6.45) is 2.10. The molecule has 0 radical (unpaired) electrons. The van der Waals surface area contributed by atoms with Crippen LogP contribution < -0.4 is 10.6 Å². The fraction of sp³-hybridized carbons (Fsp3) is 0.222. The van der Waals surface area contributed by atoms with Crippen molar-refractivity contribution in [1.29, 1.82) is 5.26 Å². The molecule has 2 aromatic rings. The average molecular weight is 339 g/mol. The molecular weight excluding hydrogens is 322 g/mol. The summed E-state index contributed by atoms with van der Waals surface area (Å²) in [6, 6.07) is 10.8. The Labute approximate surface area is 144 Å². The molecule has 0 aliphatic heterocycles. The van der Waals surface area contributed by atoms with Crippen molar-refractivity contribution in [2.45, 2.75) is 13.3 Å². The lowest BCUT2D eigenvalue weighted by Crippen LogP contribution is -2.35. The molecule has 0 aliphatic carbocycles. The maximum atomic E-state index is 12.3. The number of nitriles is 1. The van der Waals surface area contributed by atoms with E-state index in [2.05, 4.69) is 10.6 Å². The summed E-state index contributed by atoms with van der Waals surface area (Å²) in [5, 5.41) is 14.3. The molecule has 1 atom stereocenters. The second-order valence-electron chi connectivity index (χ2n) is 5.23. The monoisotopic (exact) mass is 339 g/mol. The van der Waals surface area contributed by atoms with E-state index >= 15 is 0 Å². The fourth-order valence-electron chi connectivity index (χ4n) is 2.07. The predicted molar refractivity (Wildman–Crippen MR) is 89.8 cm³/mol. The number of carbonyl (C=O) groups excluding carboxylic acids is 3. The third-order valence-electron chi connectivity index (χ3n) is 3.37. The molecule has 1 unspecified atom stereocenters. The predicted octanol–water partition coefficient (Wildman–Crippen LogP) is 2.38. The molecule has 1 aromatic heterocycles. The standard InChI is InChI=1S/C18H17N3O4/c1-2-9-20-17(23)14(11-19)16(22)12-5-7-13(8-6-12)21-18(24)15-4-3-10-25-15/h3-8,10,14H,2,9H2,1H3,(H,20,23)(H,21,24). The SMILES string of the molecule is CCCNC(=O)C(C#N)C(=O)c1ccc(NC(=O)c2ccco2)cc1. The van der Waals surface area contributed by atoms with Gasteiger partial charge in [0.15, 0.2) is 17.5 Å². The van der Waals surface area contributed by atoms with Crippen molar-refractivity contribution < 1.29 is 18.8 Å². The zero-order valence-electron chi connectivity index (χ0n) is 13.6. The van der Waals surface area contributed by atoms with Gasteiger partial charge in [0, 0.05) is 17.8 Å². The van der Waals surface area contributed by atoms with Gasteiger partial charge in [0.2, 0.25) is 5.91 Å². The fourth-order valence-corrected chi connectivity index (χ4v) is 2.07. The van der Waals surface area contributed by atoms with Gasteiger partial charge < -0.3 is 15.1 Å². The number of nitrogens with one attached hydrogen (secondary N) is 2. The van der Waals surface area contributed by atoms with Crippen molar-refractivity contribution in [1.82, 2.24) is 5.32 Å². The largest absolute Gasteiger partial charge is 0.459 e. The molecule has 0 spiro atoms. The first-order valence-corrected chi connectivity index (χ1v) is 7.73. The molecule has 0 saturated heterocycles. The molecule has 2 rings (SSSR count). The van der Waals surface area contributed by atoms with E-state index in [1.165, 1.54) is 36.6 Å². The molecule has 1 heterocycles. The number of carbonyl (C=O) groups is 3. The number of furan rings is 1. The van der Waals surface area contributed by atoms with E-state index in [1.807, 2.05) is 6.92 Å². The number of hydrogen-bond donors (Lipinski definition) is 2. The molecule has 25 heavy (non-hydrogen) atoms. The Hall–Kier alpha value is -3.40. The molecule has 0 saturated carbocycles. The van der Waals surface area contributed by atoms with Crippen LogP contribution in [-0.2, 0) is 4.79 Å². The Morgan fingerprint density at radius 3 is 2.48 bits per heavy atom. The van der Waals surface area contributed by atoms with E-state index in [4.69, 9.17) is 9.68 Å². The number of hydrogen-bond acceptors (Lipinski definition) is 5. The minimum atomic E-state index is -1.39. The quantitative estimate of drug-likeness (QED) is 0.594. The zero-order valence-corrected chi connectivity index (χ0v) is 13.6. The normalized spacial score (nSPS) is 11.2. The maximum absolute atomic E-state index is 12.3. The number of nitrogens with zero attached hydrogens (tertiary/aromatic N) is 1. The molecule has 128 valence electrons. The summed E-state index contributed by atoms with van der Waals surface area (Å²) in [5.74, 6) is -2.84. The summed E-state index contributed by atoms with van der Waals surface area (Å²) in [7, 11) is 0. The first kappa shape index (κ1) is 17.9. The van der Waals surface area contributed by atoms with E-state index in [1.54, 1.807) is 12.1 Å². The molecule has 2 amide bonds. The van der Waals surface area contributed by atoms with Gasteiger partial charge in [0.05, 0.1) is 12.3 Å². The Morgan fingerprint density at radius 2 is 1.92 bits per heavy atom. The minimum absolute atomic E-state index is 0.164. The van der Waals surface area contributed by atoms with E-state index in [9.17, 15) is 14.4 Å². The summed E-state index contributed by atoms with van der Waals surface area (Å²) in [5.41, 5.74) is 0.677. The van der Waals surface area contributed by atoms with Gasteiger partial charge in [-0.25, -0.2) is 0 Å². The molecule has 1 aromatic carbocycles. The second kappa shape index (κ2) is 8.45. The summed E-state index contributed by atoms with van der Waals surface area (Å²) in [6.45, 7) is 2.28. The average Bonchev–Trinajstić information content (AvgIpc) is 3.16. The highest BCUT2D eigenvalue weighted by Crippen LogP contribution is 2.15.